The molecule has 0 aromatic rings. The van der Waals surface area contributed by atoms with Gasteiger partial charge < -0.3 is 20.1 Å². The normalized spacial score (nSPS) is 45.3. The summed E-state index contributed by atoms with van der Waals surface area (Å²) in [5, 5.41) is 32.0. The number of hydrogen-bond acceptors (Lipinski definition) is 5. The van der Waals surface area contributed by atoms with Crippen LogP contribution in [-0.2, 0) is 9.53 Å². The van der Waals surface area contributed by atoms with Crippen LogP contribution in [-0.4, -0.2) is 39.6 Å². The fraction of sp³-hybridized carbons (Fsp3) is 0.750. The molecule has 25 heavy (non-hydrogen) atoms. The number of esters is 1. The maximum atomic E-state index is 12.0. The lowest BCUT2D eigenvalue weighted by atomic mass is 9.44. The molecule has 2 saturated carbocycles. The SMILES string of the molecule is CC1(C)CCC[C@]2(C)[C@@H]1CC[C@]1(O)[C@H](O)C3=C(CO)C(=O)OC3=C[C@@H]21. The third-order valence-electron chi connectivity index (χ3n) is 7.62. The molecule has 138 valence electrons. The summed E-state index contributed by atoms with van der Waals surface area (Å²) < 4.78 is 5.33. The zero-order valence-corrected chi connectivity index (χ0v) is 15.2. The van der Waals surface area contributed by atoms with E-state index in [1.807, 2.05) is 6.08 Å². The molecule has 0 aromatic heterocycles. The van der Waals surface area contributed by atoms with Gasteiger partial charge in [0, 0.05) is 11.5 Å². The Kier molecular flexibility index (Phi) is 3.57. The lowest BCUT2D eigenvalue weighted by Crippen LogP contribution is -2.63. The van der Waals surface area contributed by atoms with Crippen LogP contribution in [0.3, 0.4) is 0 Å². The Balaban J connectivity index is 1.86. The first-order valence-corrected chi connectivity index (χ1v) is 9.34. The number of carbonyl (C=O) groups is 1. The van der Waals surface area contributed by atoms with E-state index in [1.165, 1.54) is 6.42 Å². The third-order valence-corrected chi connectivity index (χ3v) is 7.62. The fourth-order valence-corrected chi connectivity index (χ4v) is 6.45. The van der Waals surface area contributed by atoms with Crippen LogP contribution in [0, 0.1) is 22.7 Å². The molecule has 1 aliphatic heterocycles. The Morgan fingerprint density at radius 2 is 1.96 bits per heavy atom. The van der Waals surface area contributed by atoms with Gasteiger partial charge in [0.15, 0.2) is 0 Å². The minimum Gasteiger partial charge on any atom is -0.423 e. The van der Waals surface area contributed by atoms with Gasteiger partial charge in [0.2, 0.25) is 0 Å². The van der Waals surface area contributed by atoms with Gasteiger partial charge in [-0.3, -0.25) is 0 Å². The van der Waals surface area contributed by atoms with E-state index in [4.69, 9.17) is 4.74 Å². The van der Waals surface area contributed by atoms with Gasteiger partial charge >= 0.3 is 5.97 Å². The van der Waals surface area contributed by atoms with E-state index >= 15 is 0 Å². The first kappa shape index (κ1) is 17.3. The molecular formula is C20H28O5. The first-order chi connectivity index (χ1) is 11.6. The number of ether oxygens (including phenoxy) is 1. The molecule has 2 fully saturated rings. The van der Waals surface area contributed by atoms with E-state index < -0.39 is 24.3 Å². The molecule has 0 radical (unpaired) electrons. The molecule has 5 atom stereocenters. The zero-order valence-electron chi connectivity index (χ0n) is 15.2. The van der Waals surface area contributed by atoms with Crippen LogP contribution in [0.25, 0.3) is 0 Å². The molecule has 0 unspecified atom stereocenters. The van der Waals surface area contributed by atoms with Crippen LogP contribution in [0.15, 0.2) is 23.0 Å². The highest BCUT2D eigenvalue weighted by atomic mass is 16.5. The molecule has 5 nitrogen and oxygen atoms in total. The van der Waals surface area contributed by atoms with Gasteiger partial charge in [-0.2, -0.15) is 0 Å². The van der Waals surface area contributed by atoms with Crippen molar-refractivity contribution in [1.29, 1.82) is 0 Å². The molecule has 0 bridgehead atoms. The van der Waals surface area contributed by atoms with Crippen LogP contribution >= 0.6 is 0 Å². The number of hydrogen-bond donors (Lipinski definition) is 3. The molecule has 3 N–H and O–H groups in total. The summed E-state index contributed by atoms with van der Waals surface area (Å²) in [6.07, 6.45) is 5.26. The van der Waals surface area contributed by atoms with Crippen LogP contribution in [0.4, 0.5) is 0 Å². The molecule has 4 aliphatic rings. The highest BCUT2D eigenvalue weighted by Gasteiger charge is 2.64. The van der Waals surface area contributed by atoms with Gasteiger partial charge in [0.25, 0.3) is 0 Å². The summed E-state index contributed by atoms with van der Waals surface area (Å²) in [6.45, 7) is 6.33. The van der Waals surface area contributed by atoms with Crippen molar-refractivity contribution in [2.75, 3.05) is 6.61 Å². The van der Waals surface area contributed by atoms with Gasteiger partial charge in [-0.15, -0.1) is 0 Å². The molecule has 1 heterocycles. The summed E-state index contributed by atoms with van der Waals surface area (Å²) in [5.41, 5.74) is -0.921. The van der Waals surface area contributed by atoms with E-state index in [2.05, 4.69) is 20.8 Å². The number of aliphatic hydroxyl groups excluding tert-OH is 2. The van der Waals surface area contributed by atoms with Crippen LogP contribution in [0.2, 0.25) is 0 Å². The maximum absolute atomic E-state index is 12.0. The third kappa shape index (κ3) is 2.09. The highest BCUT2D eigenvalue weighted by molar-refractivity contribution is 5.95. The number of carbonyl (C=O) groups excluding carboxylic acids is 1. The van der Waals surface area contributed by atoms with E-state index in [0.717, 1.165) is 19.3 Å². The summed E-state index contributed by atoms with van der Waals surface area (Å²) in [7, 11) is 0. The van der Waals surface area contributed by atoms with Crippen molar-refractivity contribution in [2.24, 2.45) is 22.7 Å². The average Bonchev–Trinajstić information content (AvgIpc) is 2.84. The largest absolute Gasteiger partial charge is 0.423 e. The van der Waals surface area contributed by atoms with Crippen molar-refractivity contribution in [3.05, 3.63) is 23.0 Å². The Bertz CT molecular complexity index is 690. The van der Waals surface area contributed by atoms with Crippen molar-refractivity contribution in [3.63, 3.8) is 0 Å². The Hall–Kier alpha value is -1.17. The quantitative estimate of drug-likeness (QED) is 0.632. The van der Waals surface area contributed by atoms with Crippen molar-refractivity contribution in [1.82, 2.24) is 0 Å². The molecule has 0 aromatic carbocycles. The van der Waals surface area contributed by atoms with Crippen molar-refractivity contribution >= 4 is 5.97 Å². The smallest absolute Gasteiger partial charge is 0.342 e. The Morgan fingerprint density at radius 3 is 2.64 bits per heavy atom. The minimum atomic E-state index is -1.31. The lowest BCUT2D eigenvalue weighted by Gasteiger charge is -2.62. The van der Waals surface area contributed by atoms with Crippen LogP contribution in [0.5, 0.6) is 0 Å². The second-order valence-electron chi connectivity index (χ2n) is 9.28. The van der Waals surface area contributed by atoms with Crippen LogP contribution in [0.1, 0.15) is 52.9 Å². The topological polar surface area (TPSA) is 87.0 Å². The molecular weight excluding hydrogens is 320 g/mol. The summed E-state index contributed by atoms with van der Waals surface area (Å²) in [4.78, 5) is 12.0. The highest BCUT2D eigenvalue weighted by Crippen LogP contribution is 2.65. The summed E-state index contributed by atoms with van der Waals surface area (Å²) in [6, 6.07) is 0. The van der Waals surface area contributed by atoms with E-state index in [1.54, 1.807) is 0 Å². The standard InChI is InChI=1S/C20H28O5/c1-18(2)6-4-7-19(3)13(18)5-8-20(24)14(19)9-12-15(16(20)22)11(10-21)17(23)25-12/h9,13-14,16,21-22,24H,4-8,10H2,1-3H3/t13-,14+,16-,19-,20-/m1/s1. The molecule has 5 heteroatoms. The lowest BCUT2D eigenvalue weighted by molar-refractivity contribution is -0.194. The van der Waals surface area contributed by atoms with Gasteiger partial charge in [-0.1, -0.05) is 27.2 Å². The molecule has 3 aliphatic carbocycles. The van der Waals surface area contributed by atoms with Crippen molar-refractivity contribution < 1.29 is 24.9 Å². The van der Waals surface area contributed by atoms with E-state index in [0.29, 0.717) is 18.1 Å². The molecule has 0 amide bonds. The summed E-state index contributed by atoms with van der Waals surface area (Å²) >= 11 is 0. The molecule has 0 saturated heterocycles. The monoisotopic (exact) mass is 348 g/mol. The van der Waals surface area contributed by atoms with Gasteiger partial charge in [-0.05, 0) is 48.5 Å². The minimum absolute atomic E-state index is 0.0712. The fourth-order valence-electron chi connectivity index (χ4n) is 6.45. The molecule has 4 rings (SSSR count). The second kappa shape index (κ2) is 5.18. The van der Waals surface area contributed by atoms with Crippen molar-refractivity contribution in [2.45, 2.75) is 64.6 Å². The predicted molar refractivity (Wildman–Crippen MR) is 91.2 cm³/mol. The van der Waals surface area contributed by atoms with Gasteiger partial charge in [0.05, 0.1) is 12.2 Å². The Morgan fingerprint density at radius 1 is 1.24 bits per heavy atom. The predicted octanol–water partition coefficient (Wildman–Crippen LogP) is 2.06. The molecule has 0 spiro atoms. The van der Waals surface area contributed by atoms with Gasteiger partial charge in [-0.25, -0.2) is 4.79 Å². The van der Waals surface area contributed by atoms with Gasteiger partial charge in [0.1, 0.15) is 17.5 Å². The Labute approximate surface area is 148 Å². The van der Waals surface area contributed by atoms with Crippen molar-refractivity contribution in [3.8, 4) is 0 Å². The number of rotatable bonds is 1. The number of fused-ring (bicyclic) bond motifs is 4. The van der Waals surface area contributed by atoms with E-state index in [-0.39, 0.29) is 27.9 Å². The van der Waals surface area contributed by atoms with Crippen LogP contribution < -0.4 is 0 Å². The second-order valence-corrected chi connectivity index (χ2v) is 9.28. The first-order valence-electron chi connectivity index (χ1n) is 9.34. The zero-order chi connectivity index (χ0) is 18.2. The average molecular weight is 348 g/mol. The summed E-state index contributed by atoms with van der Waals surface area (Å²) in [5.74, 6) is -0.0989. The maximum Gasteiger partial charge on any atom is 0.342 e. The van der Waals surface area contributed by atoms with E-state index in [9.17, 15) is 20.1 Å². The number of aliphatic hydroxyl groups is 3.